The Balaban J connectivity index is 1.52. The maximum Gasteiger partial charge on any atom is 0.270 e. The summed E-state index contributed by atoms with van der Waals surface area (Å²) in [6, 6.07) is 10.8. The molecule has 4 rings (SSSR count). The molecule has 0 bridgehead atoms. The standard InChI is InChI=1S/C19H18FN5O3/c20-15-1-3-16(4-2-15)22-7-9-23(10-8-22)19(13-26)24-18-6-5-17(25(27)28)11-14(18)12-21-24/h1-6,11-13,19H,7-10H2. The third-order valence-corrected chi connectivity index (χ3v) is 5.04. The van der Waals surface area contributed by atoms with Crippen LogP contribution in [0.3, 0.4) is 0 Å². The van der Waals surface area contributed by atoms with Crippen molar-refractivity contribution in [2.75, 3.05) is 31.1 Å². The van der Waals surface area contributed by atoms with Crippen molar-refractivity contribution in [1.82, 2.24) is 14.7 Å². The third kappa shape index (κ3) is 3.31. The molecule has 0 saturated carbocycles. The van der Waals surface area contributed by atoms with Crippen LogP contribution in [-0.2, 0) is 4.79 Å². The van der Waals surface area contributed by atoms with Gasteiger partial charge in [0.2, 0.25) is 0 Å². The molecular formula is C19H18FN5O3. The molecule has 9 heteroatoms. The van der Waals surface area contributed by atoms with E-state index in [9.17, 15) is 19.3 Å². The Hall–Kier alpha value is -3.33. The molecule has 0 spiro atoms. The molecule has 1 aromatic heterocycles. The highest BCUT2D eigenvalue weighted by atomic mass is 19.1. The van der Waals surface area contributed by atoms with E-state index >= 15 is 0 Å². The number of fused-ring (bicyclic) bond motifs is 1. The van der Waals surface area contributed by atoms with Gasteiger partial charge >= 0.3 is 0 Å². The summed E-state index contributed by atoms with van der Waals surface area (Å²) in [6.45, 7) is 2.66. The number of rotatable bonds is 5. The Morgan fingerprint density at radius 2 is 1.82 bits per heavy atom. The van der Waals surface area contributed by atoms with Crippen LogP contribution >= 0.6 is 0 Å². The van der Waals surface area contributed by atoms with Crippen LogP contribution in [0.1, 0.15) is 6.17 Å². The van der Waals surface area contributed by atoms with E-state index in [2.05, 4.69) is 10.00 Å². The van der Waals surface area contributed by atoms with Crippen molar-refractivity contribution in [3.63, 3.8) is 0 Å². The zero-order chi connectivity index (χ0) is 19.7. The fourth-order valence-corrected chi connectivity index (χ4v) is 3.56. The van der Waals surface area contributed by atoms with Crippen LogP contribution in [-0.4, -0.2) is 52.1 Å². The van der Waals surface area contributed by atoms with Gasteiger partial charge in [0, 0.05) is 49.4 Å². The highest BCUT2D eigenvalue weighted by Gasteiger charge is 2.26. The van der Waals surface area contributed by atoms with Gasteiger partial charge < -0.3 is 4.90 Å². The Morgan fingerprint density at radius 1 is 1.11 bits per heavy atom. The summed E-state index contributed by atoms with van der Waals surface area (Å²) in [5, 5.41) is 15.9. The number of non-ortho nitro benzene ring substituents is 1. The maximum atomic E-state index is 13.1. The van der Waals surface area contributed by atoms with Gasteiger partial charge in [-0.3, -0.25) is 19.8 Å². The molecular weight excluding hydrogens is 365 g/mol. The van der Waals surface area contributed by atoms with Gasteiger partial charge in [-0.25, -0.2) is 9.07 Å². The number of anilines is 1. The topological polar surface area (TPSA) is 84.5 Å². The van der Waals surface area contributed by atoms with E-state index in [1.165, 1.54) is 30.5 Å². The highest BCUT2D eigenvalue weighted by molar-refractivity contribution is 5.82. The summed E-state index contributed by atoms with van der Waals surface area (Å²) in [5.41, 5.74) is 1.60. The average Bonchev–Trinajstić information content (AvgIpc) is 3.13. The molecule has 144 valence electrons. The summed E-state index contributed by atoms with van der Waals surface area (Å²) in [5.74, 6) is -0.269. The number of hydrogen-bond acceptors (Lipinski definition) is 6. The summed E-state index contributed by atoms with van der Waals surface area (Å²) < 4.78 is 14.7. The molecule has 2 heterocycles. The van der Waals surface area contributed by atoms with Gasteiger partial charge in [0.25, 0.3) is 5.69 Å². The fourth-order valence-electron chi connectivity index (χ4n) is 3.56. The van der Waals surface area contributed by atoms with Crippen molar-refractivity contribution >= 4 is 28.6 Å². The van der Waals surface area contributed by atoms with Gasteiger partial charge in [-0.05, 0) is 30.3 Å². The first kappa shape index (κ1) is 18.1. The first-order valence-electron chi connectivity index (χ1n) is 8.88. The molecule has 1 aliphatic heterocycles. The lowest BCUT2D eigenvalue weighted by Gasteiger charge is -2.38. The number of benzene rings is 2. The second-order valence-electron chi connectivity index (χ2n) is 6.64. The molecule has 2 aromatic carbocycles. The predicted molar refractivity (Wildman–Crippen MR) is 102 cm³/mol. The maximum absolute atomic E-state index is 13.1. The molecule has 0 aliphatic carbocycles. The van der Waals surface area contributed by atoms with Crippen molar-refractivity contribution in [2.24, 2.45) is 0 Å². The van der Waals surface area contributed by atoms with Crippen LogP contribution in [0.5, 0.6) is 0 Å². The number of halogens is 1. The number of carbonyl (C=O) groups excluding carboxylic acids is 1. The predicted octanol–water partition coefficient (Wildman–Crippen LogP) is 2.60. The second kappa shape index (κ2) is 7.35. The number of nitro benzene ring substituents is 1. The molecule has 1 saturated heterocycles. The third-order valence-electron chi connectivity index (χ3n) is 5.04. The molecule has 0 radical (unpaired) electrons. The monoisotopic (exact) mass is 383 g/mol. The molecule has 8 nitrogen and oxygen atoms in total. The van der Waals surface area contributed by atoms with Crippen molar-refractivity contribution < 1.29 is 14.1 Å². The molecule has 3 aromatic rings. The summed E-state index contributed by atoms with van der Waals surface area (Å²) in [7, 11) is 0. The van der Waals surface area contributed by atoms with Gasteiger partial charge in [-0.1, -0.05) is 0 Å². The van der Waals surface area contributed by atoms with Crippen molar-refractivity contribution in [3.05, 3.63) is 64.6 Å². The van der Waals surface area contributed by atoms with Crippen molar-refractivity contribution in [2.45, 2.75) is 6.17 Å². The van der Waals surface area contributed by atoms with E-state index < -0.39 is 11.1 Å². The number of nitrogens with zero attached hydrogens (tertiary/aromatic N) is 5. The van der Waals surface area contributed by atoms with Gasteiger partial charge in [-0.15, -0.1) is 0 Å². The summed E-state index contributed by atoms with van der Waals surface area (Å²) in [4.78, 5) is 26.5. The molecule has 1 atom stereocenters. The van der Waals surface area contributed by atoms with Crippen LogP contribution < -0.4 is 4.90 Å². The zero-order valence-corrected chi connectivity index (χ0v) is 14.9. The Morgan fingerprint density at radius 3 is 2.46 bits per heavy atom. The first-order valence-corrected chi connectivity index (χ1v) is 8.88. The van der Waals surface area contributed by atoms with Gasteiger partial charge in [0.15, 0.2) is 12.5 Å². The number of aromatic nitrogens is 2. The Labute approximate surface area is 159 Å². The van der Waals surface area contributed by atoms with Crippen LogP contribution in [0.4, 0.5) is 15.8 Å². The lowest BCUT2D eigenvalue weighted by Crippen LogP contribution is -2.49. The van der Waals surface area contributed by atoms with Gasteiger partial charge in [-0.2, -0.15) is 5.10 Å². The van der Waals surface area contributed by atoms with E-state index in [0.717, 1.165) is 12.0 Å². The first-order chi connectivity index (χ1) is 13.6. The largest absolute Gasteiger partial charge is 0.369 e. The van der Waals surface area contributed by atoms with E-state index in [0.29, 0.717) is 37.1 Å². The Kier molecular flexibility index (Phi) is 4.74. The summed E-state index contributed by atoms with van der Waals surface area (Å²) in [6.07, 6.45) is 1.78. The fraction of sp³-hybridized carbons (Fsp3) is 0.263. The lowest BCUT2D eigenvalue weighted by atomic mass is 10.2. The minimum absolute atomic E-state index is 0.0115. The van der Waals surface area contributed by atoms with E-state index in [4.69, 9.17) is 0 Å². The molecule has 0 amide bonds. The lowest BCUT2D eigenvalue weighted by molar-refractivity contribution is -0.384. The smallest absolute Gasteiger partial charge is 0.270 e. The number of hydrogen-bond donors (Lipinski definition) is 0. The normalized spacial score (nSPS) is 16.2. The number of nitro groups is 1. The van der Waals surface area contributed by atoms with E-state index in [1.807, 2.05) is 4.90 Å². The molecule has 0 N–H and O–H groups in total. The second-order valence-corrected chi connectivity index (χ2v) is 6.64. The molecule has 1 fully saturated rings. The number of aldehydes is 1. The van der Waals surface area contributed by atoms with Crippen LogP contribution in [0, 0.1) is 15.9 Å². The quantitative estimate of drug-likeness (QED) is 0.383. The van der Waals surface area contributed by atoms with Crippen LogP contribution in [0.15, 0.2) is 48.7 Å². The molecule has 1 unspecified atom stereocenters. The highest BCUT2D eigenvalue weighted by Crippen LogP contribution is 2.25. The molecule has 1 aliphatic rings. The van der Waals surface area contributed by atoms with Crippen LogP contribution in [0.25, 0.3) is 10.9 Å². The summed E-state index contributed by atoms with van der Waals surface area (Å²) >= 11 is 0. The number of carbonyl (C=O) groups is 1. The van der Waals surface area contributed by atoms with Gasteiger partial charge in [0.05, 0.1) is 16.6 Å². The minimum Gasteiger partial charge on any atom is -0.369 e. The van der Waals surface area contributed by atoms with E-state index in [-0.39, 0.29) is 11.5 Å². The number of piperazine rings is 1. The van der Waals surface area contributed by atoms with Crippen LogP contribution in [0.2, 0.25) is 0 Å². The van der Waals surface area contributed by atoms with Crippen molar-refractivity contribution in [3.8, 4) is 0 Å². The van der Waals surface area contributed by atoms with E-state index in [1.54, 1.807) is 22.9 Å². The SMILES string of the molecule is O=CC(N1CCN(c2ccc(F)cc2)CC1)n1ncc2cc([N+](=O)[O-])ccc21. The van der Waals surface area contributed by atoms with Gasteiger partial charge in [0.1, 0.15) is 5.82 Å². The average molecular weight is 383 g/mol. The van der Waals surface area contributed by atoms with Crippen molar-refractivity contribution in [1.29, 1.82) is 0 Å². The Bertz CT molecular complexity index is 1010. The zero-order valence-electron chi connectivity index (χ0n) is 14.9. The molecule has 28 heavy (non-hydrogen) atoms. The minimum atomic E-state index is -0.589.